The third-order valence-corrected chi connectivity index (χ3v) is 4.20. The highest BCUT2D eigenvalue weighted by atomic mass is 127. The highest BCUT2D eigenvalue weighted by molar-refractivity contribution is 14.1. The van der Waals surface area contributed by atoms with Crippen molar-refractivity contribution >= 4 is 34.2 Å². The Morgan fingerprint density at radius 2 is 1.70 bits per heavy atom. The van der Waals surface area contributed by atoms with Gasteiger partial charge in [0.05, 0.1) is 11.4 Å². The second-order valence-corrected chi connectivity index (χ2v) is 6.59. The van der Waals surface area contributed by atoms with Gasteiger partial charge in [0.15, 0.2) is 0 Å². The van der Waals surface area contributed by atoms with Crippen molar-refractivity contribution in [2.24, 2.45) is 0 Å². The number of hydrogen-bond donors (Lipinski definition) is 1. The molecule has 0 unspecified atom stereocenters. The lowest BCUT2D eigenvalue weighted by molar-refractivity contribution is 0.102. The van der Waals surface area contributed by atoms with E-state index in [0.717, 1.165) is 26.3 Å². The first-order valence-corrected chi connectivity index (χ1v) is 8.31. The van der Waals surface area contributed by atoms with E-state index in [0.29, 0.717) is 5.56 Å². The molecule has 1 heterocycles. The van der Waals surface area contributed by atoms with Crippen LogP contribution in [0.2, 0.25) is 0 Å². The number of rotatable bonds is 3. The molecular formula is C18H16IN3O. The smallest absolute Gasteiger partial charge is 0.255 e. The standard InChI is InChI=1S/C18H16IN3O/c1-12-11-13(2)22(21-12)17-9-3-14(4-10-17)18(23)20-16-7-5-15(19)6-8-16/h3-11H,1-2H3,(H,20,23). The highest BCUT2D eigenvalue weighted by Gasteiger charge is 2.08. The third kappa shape index (κ3) is 3.61. The number of carbonyl (C=O) groups excluding carboxylic acids is 1. The molecule has 3 rings (SSSR count). The fourth-order valence-corrected chi connectivity index (χ4v) is 2.74. The van der Waals surface area contributed by atoms with Crippen molar-refractivity contribution in [3.63, 3.8) is 0 Å². The molecular weight excluding hydrogens is 401 g/mol. The van der Waals surface area contributed by atoms with Crippen molar-refractivity contribution < 1.29 is 4.79 Å². The number of benzene rings is 2. The van der Waals surface area contributed by atoms with Gasteiger partial charge in [-0.1, -0.05) is 0 Å². The van der Waals surface area contributed by atoms with Crippen LogP contribution in [0.15, 0.2) is 54.6 Å². The van der Waals surface area contributed by atoms with E-state index >= 15 is 0 Å². The maximum atomic E-state index is 12.3. The van der Waals surface area contributed by atoms with Crippen LogP contribution >= 0.6 is 22.6 Å². The minimum Gasteiger partial charge on any atom is -0.322 e. The first kappa shape index (κ1) is 15.7. The molecule has 3 aromatic rings. The summed E-state index contributed by atoms with van der Waals surface area (Å²) < 4.78 is 3.01. The van der Waals surface area contributed by atoms with Crippen molar-refractivity contribution in [2.45, 2.75) is 13.8 Å². The predicted molar refractivity (Wildman–Crippen MR) is 100 cm³/mol. The molecule has 0 saturated heterocycles. The molecule has 5 heteroatoms. The predicted octanol–water partition coefficient (Wildman–Crippen LogP) is 4.35. The molecule has 0 aliphatic rings. The van der Waals surface area contributed by atoms with E-state index in [9.17, 15) is 4.79 Å². The zero-order valence-electron chi connectivity index (χ0n) is 12.9. The number of hydrogen-bond acceptors (Lipinski definition) is 2. The number of nitrogens with zero attached hydrogens (tertiary/aromatic N) is 2. The Morgan fingerprint density at radius 1 is 1.04 bits per heavy atom. The molecule has 1 amide bonds. The molecule has 0 atom stereocenters. The zero-order valence-corrected chi connectivity index (χ0v) is 15.0. The number of halogens is 1. The Morgan fingerprint density at radius 3 is 2.26 bits per heavy atom. The van der Waals surface area contributed by atoms with Crippen LogP contribution in [0.5, 0.6) is 0 Å². The molecule has 0 radical (unpaired) electrons. The molecule has 0 spiro atoms. The van der Waals surface area contributed by atoms with Crippen LogP contribution < -0.4 is 5.32 Å². The number of carbonyl (C=O) groups is 1. The first-order valence-electron chi connectivity index (χ1n) is 7.23. The second kappa shape index (κ2) is 6.54. The Bertz CT molecular complexity index is 836. The molecule has 1 N–H and O–H groups in total. The van der Waals surface area contributed by atoms with E-state index in [-0.39, 0.29) is 5.91 Å². The topological polar surface area (TPSA) is 46.9 Å². The lowest BCUT2D eigenvalue weighted by atomic mass is 10.2. The largest absolute Gasteiger partial charge is 0.322 e. The molecule has 4 nitrogen and oxygen atoms in total. The Hall–Kier alpha value is -2.15. The molecule has 2 aromatic carbocycles. The van der Waals surface area contributed by atoms with Gasteiger partial charge in [0.2, 0.25) is 0 Å². The van der Waals surface area contributed by atoms with Gasteiger partial charge in [-0.05, 0) is 91.0 Å². The third-order valence-electron chi connectivity index (χ3n) is 3.49. The number of aryl methyl sites for hydroxylation is 2. The van der Waals surface area contributed by atoms with E-state index in [1.807, 2.05) is 73.1 Å². The van der Waals surface area contributed by atoms with Crippen molar-refractivity contribution in [1.29, 1.82) is 0 Å². The van der Waals surface area contributed by atoms with Gasteiger partial charge >= 0.3 is 0 Å². The first-order chi connectivity index (χ1) is 11.0. The van der Waals surface area contributed by atoms with Gasteiger partial charge in [0.25, 0.3) is 5.91 Å². The van der Waals surface area contributed by atoms with E-state index in [1.54, 1.807) is 0 Å². The Kier molecular flexibility index (Phi) is 4.47. The number of aromatic nitrogens is 2. The van der Waals surface area contributed by atoms with Gasteiger partial charge in [-0.2, -0.15) is 5.10 Å². The minimum absolute atomic E-state index is 0.119. The Labute approximate surface area is 148 Å². The molecule has 0 bridgehead atoms. The molecule has 0 saturated carbocycles. The van der Waals surface area contributed by atoms with Crippen molar-refractivity contribution in [1.82, 2.24) is 9.78 Å². The quantitative estimate of drug-likeness (QED) is 0.645. The van der Waals surface area contributed by atoms with E-state index in [4.69, 9.17) is 0 Å². The normalized spacial score (nSPS) is 10.6. The van der Waals surface area contributed by atoms with Crippen LogP contribution in [-0.2, 0) is 0 Å². The molecule has 116 valence electrons. The van der Waals surface area contributed by atoms with Crippen LogP contribution in [0.4, 0.5) is 5.69 Å². The molecule has 0 aliphatic heterocycles. The molecule has 1 aromatic heterocycles. The number of nitrogens with one attached hydrogen (secondary N) is 1. The average molecular weight is 417 g/mol. The summed E-state index contributed by atoms with van der Waals surface area (Å²) in [6.45, 7) is 3.98. The maximum absolute atomic E-state index is 12.3. The van der Waals surface area contributed by atoms with Gasteiger partial charge in [-0.3, -0.25) is 4.79 Å². The Balaban J connectivity index is 1.77. The molecule has 0 aliphatic carbocycles. The lowest BCUT2D eigenvalue weighted by Gasteiger charge is -2.07. The van der Waals surface area contributed by atoms with E-state index in [1.165, 1.54) is 0 Å². The van der Waals surface area contributed by atoms with Gasteiger partial charge in [0.1, 0.15) is 0 Å². The van der Waals surface area contributed by atoms with Crippen LogP contribution in [0.1, 0.15) is 21.7 Å². The van der Waals surface area contributed by atoms with Gasteiger partial charge in [0, 0.05) is 20.5 Å². The molecule has 23 heavy (non-hydrogen) atoms. The van der Waals surface area contributed by atoms with Crippen LogP contribution in [0.25, 0.3) is 5.69 Å². The fourth-order valence-electron chi connectivity index (χ4n) is 2.38. The SMILES string of the molecule is Cc1cc(C)n(-c2ccc(C(=O)Nc3ccc(I)cc3)cc2)n1. The second-order valence-electron chi connectivity index (χ2n) is 5.35. The summed E-state index contributed by atoms with van der Waals surface area (Å²) in [5.74, 6) is -0.119. The monoisotopic (exact) mass is 417 g/mol. The zero-order chi connectivity index (χ0) is 16.4. The minimum atomic E-state index is -0.119. The average Bonchev–Trinajstić information content (AvgIpc) is 2.88. The summed E-state index contributed by atoms with van der Waals surface area (Å²) in [6, 6.07) is 17.2. The number of anilines is 1. The fraction of sp³-hybridized carbons (Fsp3) is 0.111. The highest BCUT2D eigenvalue weighted by Crippen LogP contribution is 2.15. The van der Waals surface area contributed by atoms with E-state index in [2.05, 4.69) is 33.0 Å². The maximum Gasteiger partial charge on any atom is 0.255 e. The van der Waals surface area contributed by atoms with Crippen LogP contribution in [0, 0.1) is 17.4 Å². The summed E-state index contributed by atoms with van der Waals surface area (Å²) in [5, 5.41) is 7.34. The summed E-state index contributed by atoms with van der Waals surface area (Å²) in [7, 11) is 0. The van der Waals surface area contributed by atoms with Crippen LogP contribution in [0.3, 0.4) is 0 Å². The lowest BCUT2D eigenvalue weighted by Crippen LogP contribution is -2.12. The van der Waals surface area contributed by atoms with Crippen molar-refractivity contribution in [3.05, 3.63) is 75.1 Å². The van der Waals surface area contributed by atoms with Crippen molar-refractivity contribution in [3.8, 4) is 5.69 Å². The van der Waals surface area contributed by atoms with Gasteiger partial charge < -0.3 is 5.32 Å². The van der Waals surface area contributed by atoms with Crippen molar-refractivity contribution in [2.75, 3.05) is 5.32 Å². The molecule has 0 fully saturated rings. The summed E-state index contributed by atoms with van der Waals surface area (Å²) in [6.07, 6.45) is 0. The summed E-state index contributed by atoms with van der Waals surface area (Å²) >= 11 is 2.23. The van der Waals surface area contributed by atoms with Crippen LogP contribution in [-0.4, -0.2) is 15.7 Å². The summed E-state index contributed by atoms with van der Waals surface area (Å²) in [5.41, 5.74) is 4.40. The number of amides is 1. The van der Waals surface area contributed by atoms with Gasteiger partial charge in [-0.25, -0.2) is 4.68 Å². The van der Waals surface area contributed by atoms with Gasteiger partial charge in [-0.15, -0.1) is 0 Å². The van der Waals surface area contributed by atoms with E-state index < -0.39 is 0 Å². The summed E-state index contributed by atoms with van der Waals surface area (Å²) in [4.78, 5) is 12.3.